The fourth-order valence-electron chi connectivity index (χ4n) is 2.23. The minimum Gasteiger partial charge on any atom is -0.496 e. The second kappa shape index (κ2) is 6.20. The van der Waals surface area contributed by atoms with Crippen LogP contribution in [0.4, 0.5) is 0 Å². The summed E-state index contributed by atoms with van der Waals surface area (Å²) in [7, 11) is 1.66. The highest BCUT2D eigenvalue weighted by Gasteiger charge is 2.13. The van der Waals surface area contributed by atoms with Crippen LogP contribution in [0.15, 0.2) is 53.7 Å². The maximum Gasteiger partial charge on any atom is 0.166 e. The number of benzene rings is 2. The van der Waals surface area contributed by atoms with Crippen molar-refractivity contribution in [1.29, 1.82) is 0 Å². The number of methoxy groups -OCH3 is 1. The van der Waals surface area contributed by atoms with Gasteiger partial charge in [0, 0.05) is 17.4 Å². The molecule has 0 aliphatic rings. The molecule has 4 nitrogen and oxygen atoms in total. The van der Waals surface area contributed by atoms with E-state index in [-0.39, 0.29) is 6.04 Å². The van der Waals surface area contributed by atoms with Gasteiger partial charge in [0.05, 0.1) is 18.1 Å². The molecule has 0 fully saturated rings. The number of H-pyrrole nitrogens is 1. The SMILES string of the molecule is COc1ccccc1C(N)CSc1nc2ccccc2[nH]1. The second-order valence-electron chi connectivity index (χ2n) is 4.72. The lowest BCUT2D eigenvalue weighted by atomic mass is 10.1. The smallest absolute Gasteiger partial charge is 0.166 e. The molecule has 1 atom stereocenters. The molecule has 0 spiro atoms. The van der Waals surface area contributed by atoms with Crippen LogP contribution in [0.2, 0.25) is 0 Å². The fraction of sp³-hybridized carbons (Fsp3) is 0.188. The number of nitrogens with two attached hydrogens (primary N) is 1. The molecule has 0 saturated carbocycles. The lowest BCUT2D eigenvalue weighted by molar-refractivity contribution is 0.407. The summed E-state index contributed by atoms with van der Waals surface area (Å²) >= 11 is 1.62. The number of fused-ring (bicyclic) bond motifs is 1. The number of imidazole rings is 1. The molecule has 2 aromatic carbocycles. The van der Waals surface area contributed by atoms with Crippen LogP contribution >= 0.6 is 11.8 Å². The lowest BCUT2D eigenvalue weighted by Crippen LogP contribution is -2.14. The molecular weight excluding hydrogens is 282 g/mol. The van der Waals surface area contributed by atoms with Gasteiger partial charge in [0.25, 0.3) is 0 Å². The molecule has 0 saturated heterocycles. The topological polar surface area (TPSA) is 63.9 Å². The lowest BCUT2D eigenvalue weighted by Gasteiger charge is -2.14. The molecular formula is C16H17N3OS. The van der Waals surface area contributed by atoms with Crippen molar-refractivity contribution < 1.29 is 4.74 Å². The van der Waals surface area contributed by atoms with Gasteiger partial charge in [-0.25, -0.2) is 4.98 Å². The molecule has 3 rings (SSSR count). The van der Waals surface area contributed by atoms with Crippen LogP contribution < -0.4 is 10.5 Å². The molecule has 5 heteroatoms. The van der Waals surface area contributed by atoms with Gasteiger partial charge >= 0.3 is 0 Å². The Hall–Kier alpha value is -1.98. The first-order chi connectivity index (χ1) is 10.3. The van der Waals surface area contributed by atoms with E-state index in [9.17, 15) is 0 Å². The summed E-state index contributed by atoms with van der Waals surface area (Å²) in [5.41, 5.74) is 9.31. The molecule has 0 bridgehead atoms. The van der Waals surface area contributed by atoms with E-state index in [1.54, 1.807) is 18.9 Å². The van der Waals surface area contributed by atoms with Crippen molar-refractivity contribution in [1.82, 2.24) is 9.97 Å². The Morgan fingerprint density at radius 2 is 1.95 bits per heavy atom. The van der Waals surface area contributed by atoms with Gasteiger partial charge in [0.2, 0.25) is 0 Å². The van der Waals surface area contributed by atoms with Crippen LogP contribution in [0.3, 0.4) is 0 Å². The maximum absolute atomic E-state index is 6.27. The van der Waals surface area contributed by atoms with Gasteiger partial charge in [-0.1, -0.05) is 42.1 Å². The van der Waals surface area contributed by atoms with E-state index in [0.717, 1.165) is 33.3 Å². The first-order valence-electron chi connectivity index (χ1n) is 6.74. The van der Waals surface area contributed by atoms with Crippen LogP contribution in [0, 0.1) is 0 Å². The zero-order valence-electron chi connectivity index (χ0n) is 11.7. The molecule has 21 heavy (non-hydrogen) atoms. The Balaban J connectivity index is 1.72. The number of para-hydroxylation sites is 3. The van der Waals surface area contributed by atoms with E-state index in [1.807, 2.05) is 48.5 Å². The Bertz CT molecular complexity index is 708. The highest BCUT2D eigenvalue weighted by molar-refractivity contribution is 7.99. The molecule has 0 radical (unpaired) electrons. The van der Waals surface area contributed by atoms with Crippen LogP contribution in [-0.4, -0.2) is 22.8 Å². The standard InChI is InChI=1S/C16H17N3OS/c1-20-15-9-5-2-6-11(15)12(17)10-21-16-18-13-7-3-4-8-14(13)19-16/h2-9,12H,10,17H2,1H3,(H,18,19). The zero-order chi connectivity index (χ0) is 14.7. The summed E-state index contributed by atoms with van der Waals surface area (Å²) in [5.74, 6) is 1.57. The van der Waals surface area contributed by atoms with Crippen LogP contribution in [0.5, 0.6) is 5.75 Å². The van der Waals surface area contributed by atoms with Crippen molar-refractivity contribution in [2.24, 2.45) is 5.73 Å². The largest absolute Gasteiger partial charge is 0.496 e. The summed E-state index contributed by atoms with van der Waals surface area (Å²) in [6, 6.07) is 15.8. The third kappa shape index (κ3) is 3.04. The number of nitrogens with one attached hydrogen (secondary N) is 1. The minimum absolute atomic E-state index is 0.0978. The van der Waals surface area contributed by atoms with E-state index in [0.29, 0.717) is 0 Å². The van der Waals surface area contributed by atoms with Crippen molar-refractivity contribution in [2.75, 3.05) is 12.9 Å². The summed E-state index contributed by atoms with van der Waals surface area (Å²) in [5, 5.41) is 0.890. The van der Waals surface area contributed by atoms with Crippen molar-refractivity contribution in [3.63, 3.8) is 0 Å². The van der Waals surface area contributed by atoms with E-state index in [2.05, 4.69) is 9.97 Å². The van der Waals surface area contributed by atoms with Gasteiger partial charge in [0.15, 0.2) is 5.16 Å². The van der Waals surface area contributed by atoms with Crippen molar-refractivity contribution >= 4 is 22.8 Å². The van der Waals surface area contributed by atoms with Gasteiger partial charge < -0.3 is 15.5 Å². The zero-order valence-corrected chi connectivity index (χ0v) is 12.6. The monoisotopic (exact) mass is 299 g/mol. The maximum atomic E-state index is 6.27. The predicted octanol–water partition coefficient (Wildman–Crippen LogP) is 3.36. The number of aromatic amines is 1. The highest BCUT2D eigenvalue weighted by Crippen LogP contribution is 2.28. The van der Waals surface area contributed by atoms with Crippen LogP contribution in [0.25, 0.3) is 11.0 Å². The number of thioether (sulfide) groups is 1. The number of aromatic nitrogens is 2. The Morgan fingerprint density at radius 3 is 2.76 bits per heavy atom. The first-order valence-corrected chi connectivity index (χ1v) is 7.72. The van der Waals surface area contributed by atoms with Crippen molar-refractivity contribution in [3.05, 3.63) is 54.1 Å². The quantitative estimate of drug-likeness (QED) is 0.709. The Morgan fingerprint density at radius 1 is 1.19 bits per heavy atom. The molecule has 108 valence electrons. The summed E-state index contributed by atoms with van der Waals surface area (Å²) < 4.78 is 5.35. The average Bonchev–Trinajstić information content (AvgIpc) is 2.95. The molecule has 1 aromatic heterocycles. The number of ether oxygens (including phenoxy) is 1. The summed E-state index contributed by atoms with van der Waals surface area (Å²) in [6.07, 6.45) is 0. The van der Waals surface area contributed by atoms with Crippen molar-refractivity contribution in [3.8, 4) is 5.75 Å². The van der Waals surface area contributed by atoms with Gasteiger partial charge in [-0.15, -0.1) is 0 Å². The molecule has 1 heterocycles. The average molecular weight is 299 g/mol. The minimum atomic E-state index is -0.0978. The van der Waals surface area contributed by atoms with E-state index >= 15 is 0 Å². The third-order valence-corrected chi connectivity index (χ3v) is 4.30. The van der Waals surface area contributed by atoms with E-state index in [4.69, 9.17) is 10.5 Å². The van der Waals surface area contributed by atoms with E-state index < -0.39 is 0 Å². The van der Waals surface area contributed by atoms with Gasteiger partial charge in [0.1, 0.15) is 5.75 Å². The first kappa shape index (κ1) is 14.0. The molecule has 0 aliphatic heterocycles. The Kier molecular flexibility index (Phi) is 4.13. The number of hydrogen-bond acceptors (Lipinski definition) is 4. The van der Waals surface area contributed by atoms with E-state index in [1.165, 1.54) is 0 Å². The fourth-order valence-corrected chi connectivity index (χ4v) is 3.09. The Labute approximate surface area is 127 Å². The second-order valence-corrected chi connectivity index (χ2v) is 5.73. The number of nitrogens with zero attached hydrogens (tertiary/aromatic N) is 1. The highest BCUT2D eigenvalue weighted by atomic mass is 32.2. The summed E-state index contributed by atoms with van der Waals surface area (Å²) in [6.45, 7) is 0. The molecule has 0 aliphatic carbocycles. The number of rotatable bonds is 5. The van der Waals surface area contributed by atoms with Crippen molar-refractivity contribution in [2.45, 2.75) is 11.2 Å². The normalized spacial score (nSPS) is 12.5. The predicted molar refractivity (Wildman–Crippen MR) is 86.7 cm³/mol. The van der Waals surface area contributed by atoms with Crippen LogP contribution in [-0.2, 0) is 0 Å². The molecule has 3 aromatic rings. The molecule has 0 amide bonds. The van der Waals surface area contributed by atoms with Gasteiger partial charge in [-0.3, -0.25) is 0 Å². The molecule has 3 N–H and O–H groups in total. The summed E-state index contributed by atoms with van der Waals surface area (Å²) in [4.78, 5) is 7.84. The molecule has 1 unspecified atom stereocenters. The third-order valence-electron chi connectivity index (χ3n) is 3.31. The number of hydrogen-bond donors (Lipinski definition) is 2. The van der Waals surface area contributed by atoms with Crippen LogP contribution in [0.1, 0.15) is 11.6 Å². The van der Waals surface area contributed by atoms with Gasteiger partial charge in [-0.05, 0) is 18.2 Å². The van der Waals surface area contributed by atoms with Gasteiger partial charge in [-0.2, -0.15) is 0 Å².